The molecule has 3 heteroatoms. The van der Waals surface area contributed by atoms with Gasteiger partial charge in [0.1, 0.15) is 5.76 Å². The van der Waals surface area contributed by atoms with Crippen LogP contribution in [0, 0.1) is 6.92 Å². The Morgan fingerprint density at radius 2 is 2.27 bits per heavy atom. The van der Waals surface area contributed by atoms with E-state index in [0.29, 0.717) is 0 Å². The third kappa shape index (κ3) is 1.16. The molecule has 0 aliphatic heterocycles. The van der Waals surface area contributed by atoms with Crippen molar-refractivity contribution in [2.45, 2.75) is 6.92 Å². The van der Waals surface area contributed by atoms with Crippen molar-refractivity contribution in [2.24, 2.45) is 0 Å². The van der Waals surface area contributed by atoms with Crippen LogP contribution in [-0.2, 0) is 0 Å². The van der Waals surface area contributed by atoms with Gasteiger partial charge in [-0.3, -0.25) is 4.98 Å². The minimum atomic E-state index is 0.924. The molecule has 15 heavy (non-hydrogen) atoms. The highest BCUT2D eigenvalue weighted by molar-refractivity contribution is 5.94. The van der Waals surface area contributed by atoms with E-state index in [1.807, 2.05) is 31.5 Å². The molecule has 1 N–H and O–H groups in total. The van der Waals surface area contributed by atoms with E-state index >= 15 is 0 Å². The van der Waals surface area contributed by atoms with Gasteiger partial charge in [0, 0.05) is 23.3 Å². The van der Waals surface area contributed by atoms with Gasteiger partial charge in [0.15, 0.2) is 0 Å². The summed E-state index contributed by atoms with van der Waals surface area (Å²) in [6, 6.07) is 3.96. The Labute approximate surface area is 86.8 Å². The first-order valence-corrected chi connectivity index (χ1v) is 4.82. The first-order chi connectivity index (χ1) is 7.36. The van der Waals surface area contributed by atoms with Gasteiger partial charge in [0.25, 0.3) is 0 Å². The van der Waals surface area contributed by atoms with E-state index in [2.05, 4.69) is 9.97 Å². The number of fused-ring (bicyclic) bond motifs is 1. The zero-order valence-electron chi connectivity index (χ0n) is 8.32. The summed E-state index contributed by atoms with van der Waals surface area (Å²) >= 11 is 0. The van der Waals surface area contributed by atoms with Gasteiger partial charge in [0.05, 0.1) is 18.0 Å². The molecule has 0 unspecified atom stereocenters. The molecule has 0 aliphatic carbocycles. The molecule has 3 nitrogen and oxygen atoms in total. The number of aryl methyl sites for hydroxylation is 1. The Kier molecular flexibility index (Phi) is 1.65. The summed E-state index contributed by atoms with van der Waals surface area (Å²) in [5, 5.41) is 1.14. The molecule has 74 valence electrons. The second kappa shape index (κ2) is 2.98. The minimum absolute atomic E-state index is 0.924. The smallest absolute Gasteiger partial charge is 0.138 e. The summed E-state index contributed by atoms with van der Waals surface area (Å²) in [6.45, 7) is 2.04. The predicted molar refractivity (Wildman–Crippen MR) is 58.5 cm³/mol. The zero-order valence-corrected chi connectivity index (χ0v) is 8.32. The summed E-state index contributed by atoms with van der Waals surface area (Å²) < 4.78 is 5.48. The Balaban J connectivity index is 2.32. The SMILES string of the molecule is Cc1ccoc1-c1c[nH]c2cnccc12. The molecule has 0 aromatic carbocycles. The molecule has 3 aromatic rings. The molecule has 0 atom stereocenters. The highest BCUT2D eigenvalue weighted by Crippen LogP contribution is 2.30. The number of rotatable bonds is 1. The van der Waals surface area contributed by atoms with E-state index in [4.69, 9.17) is 4.42 Å². The van der Waals surface area contributed by atoms with Crippen molar-refractivity contribution in [1.29, 1.82) is 0 Å². The highest BCUT2D eigenvalue weighted by atomic mass is 16.3. The van der Waals surface area contributed by atoms with Crippen LogP contribution in [0.4, 0.5) is 0 Å². The molecular formula is C12H10N2O. The van der Waals surface area contributed by atoms with Crippen LogP contribution in [0.3, 0.4) is 0 Å². The predicted octanol–water partition coefficient (Wildman–Crippen LogP) is 3.13. The summed E-state index contributed by atoms with van der Waals surface area (Å²) in [5.74, 6) is 0.924. The van der Waals surface area contributed by atoms with Crippen molar-refractivity contribution in [3.8, 4) is 11.3 Å². The molecule has 3 rings (SSSR count). The van der Waals surface area contributed by atoms with Crippen molar-refractivity contribution < 1.29 is 4.42 Å². The van der Waals surface area contributed by atoms with Gasteiger partial charge < -0.3 is 9.40 Å². The first kappa shape index (κ1) is 8.29. The maximum atomic E-state index is 5.48. The fourth-order valence-electron chi connectivity index (χ4n) is 1.81. The van der Waals surface area contributed by atoms with Gasteiger partial charge in [-0.25, -0.2) is 0 Å². The van der Waals surface area contributed by atoms with Crippen LogP contribution in [-0.4, -0.2) is 9.97 Å². The summed E-state index contributed by atoms with van der Waals surface area (Å²) in [4.78, 5) is 7.25. The number of hydrogen-bond acceptors (Lipinski definition) is 2. The van der Waals surface area contributed by atoms with Gasteiger partial charge in [-0.1, -0.05) is 0 Å². The first-order valence-electron chi connectivity index (χ1n) is 4.82. The van der Waals surface area contributed by atoms with E-state index in [1.54, 1.807) is 12.5 Å². The fraction of sp³-hybridized carbons (Fsp3) is 0.0833. The molecular weight excluding hydrogens is 188 g/mol. The van der Waals surface area contributed by atoms with Gasteiger partial charge in [-0.15, -0.1) is 0 Å². The van der Waals surface area contributed by atoms with E-state index < -0.39 is 0 Å². The van der Waals surface area contributed by atoms with Gasteiger partial charge >= 0.3 is 0 Å². The molecule has 0 fully saturated rings. The second-order valence-corrected chi connectivity index (χ2v) is 3.56. The Hall–Kier alpha value is -2.03. The van der Waals surface area contributed by atoms with E-state index in [0.717, 1.165) is 27.8 Å². The number of aromatic nitrogens is 2. The molecule has 0 radical (unpaired) electrons. The maximum Gasteiger partial charge on any atom is 0.138 e. The van der Waals surface area contributed by atoms with Crippen LogP contribution >= 0.6 is 0 Å². The monoisotopic (exact) mass is 198 g/mol. The number of nitrogens with one attached hydrogen (secondary N) is 1. The van der Waals surface area contributed by atoms with Crippen LogP contribution in [0.15, 0.2) is 41.4 Å². The van der Waals surface area contributed by atoms with Gasteiger partial charge in [0.2, 0.25) is 0 Å². The average Bonchev–Trinajstić information content (AvgIpc) is 2.83. The minimum Gasteiger partial charge on any atom is -0.464 e. The Bertz CT molecular complexity index is 607. The van der Waals surface area contributed by atoms with Crippen LogP contribution in [0.2, 0.25) is 0 Å². The zero-order chi connectivity index (χ0) is 10.3. The average molecular weight is 198 g/mol. The third-order valence-corrected chi connectivity index (χ3v) is 2.59. The van der Waals surface area contributed by atoms with Crippen LogP contribution < -0.4 is 0 Å². The lowest BCUT2D eigenvalue weighted by Gasteiger charge is -1.95. The molecule has 0 aliphatic rings. The molecule has 3 heterocycles. The van der Waals surface area contributed by atoms with Crippen molar-refractivity contribution in [2.75, 3.05) is 0 Å². The van der Waals surface area contributed by atoms with Gasteiger partial charge in [-0.2, -0.15) is 0 Å². The lowest BCUT2D eigenvalue weighted by atomic mass is 10.1. The largest absolute Gasteiger partial charge is 0.464 e. The molecule has 0 saturated carbocycles. The number of furan rings is 1. The highest BCUT2D eigenvalue weighted by Gasteiger charge is 2.10. The van der Waals surface area contributed by atoms with E-state index in [1.165, 1.54) is 0 Å². The normalized spacial score (nSPS) is 11.0. The molecule has 0 saturated heterocycles. The summed E-state index contributed by atoms with van der Waals surface area (Å²) in [7, 11) is 0. The second-order valence-electron chi connectivity index (χ2n) is 3.56. The molecule has 0 amide bonds. The maximum absolute atomic E-state index is 5.48. The van der Waals surface area contributed by atoms with Gasteiger partial charge in [-0.05, 0) is 24.6 Å². The topological polar surface area (TPSA) is 41.8 Å². The summed E-state index contributed by atoms with van der Waals surface area (Å²) in [5.41, 5.74) is 3.27. The van der Waals surface area contributed by atoms with Crippen LogP contribution in [0.25, 0.3) is 22.2 Å². The third-order valence-electron chi connectivity index (χ3n) is 2.59. The molecule has 3 aromatic heterocycles. The molecule has 0 bridgehead atoms. The lowest BCUT2D eigenvalue weighted by Crippen LogP contribution is -1.75. The van der Waals surface area contributed by atoms with E-state index in [-0.39, 0.29) is 0 Å². The quantitative estimate of drug-likeness (QED) is 0.652. The standard InChI is InChI=1S/C12H10N2O/c1-8-3-5-15-12(8)10-6-14-11-7-13-4-2-9(10)11/h2-7,14H,1H3. The Morgan fingerprint density at radius 1 is 1.33 bits per heavy atom. The lowest BCUT2D eigenvalue weighted by molar-refractivity contribution is 0.581. The number of hydrogen-bond donors (Lipinski definition) is 1. The van der Waals surface area contributed by atoms with Crippen LogP contribution in [0.5, 0.6) is 0 Å². The number of pyridine rings is 1. The number of H-pyrrole nitrogens is 1. The van der Waals surface area contributed by atoms with Crippen molar-refractivity contribution in [1.82, 2.24) is 9.97 Å². The summed E-state index contributed by atoms with van der Waals surface area (Å²) in [6.07, 6.45) is 7.28. The Morgan fingerprint density at radius 3 is 3.07 bits per heavy atom. The number of aromatic amines is 1. The van der Waals surface area contributed by atoms with Crippen LogP contribution in [0.1, 0.15) is 5.56 Å². The number of nitrogens with zero attached hydrogens (tertiary/aromatic N) is 1. The fourth-order valence-corrected chi connectivity index (χ4v) is 1.81. The van der Waals surface area contributed by atoms with Crippen molar-refractivity contribution in [3.05, 3.63) is 42.5 Å². The van der Waals surface area contributed by atoms with Crippen molar-refractivity contribution >= 4 is 10.9 Å². The molecule has 0 spiro atoms. The van der Waals surface area contributed by atoms with E-state index in [9.17, 15) is 0 Å². The van der Waals surface area contributed by atoms with Crippen molar-refractivity contribution in [3.63, 3.8) is 0 Å².